The highest BCUT2D eigenvalue weighted by atomic mass is 16.5. The topological polar surface area (TPSA) is 53.1 Å². The molecule has 4 saturated heterocycles. The highest BCUT2D eigenvalue weighted by Crippen LogP contribution is 2.47. The van der Waals surface area contributed by atoms with Crippen LogP contribution in [0, 0.1) is 17.8 Å². The van der Waals surface area contributed by atoms with Crippen molar-refractivity contribution in [2.24, 2.45) is 17.8 Å². The number of nitrogens with zero attached hydrogens (tertiary/aromatic N) is 3. The van der Waals surface area contributed by atoms with Crippen molar-refractivity contribution in [1.29, 1.82) is 0 Å². The van der Waals surface area contributed by atoms with E-state index in [4.69, 9.17) is 4.74 Å². The van der Waals surface area contributed by atoms with Gasteiger partial charge in [-0.25, -0.2) is 0 Å². The highest BCUT2D eigenvalue weighted by Gasteiger charge is 2.54. The zero-order chi connectivity index (χ0) is 19.3. The van der Waals surface area contributed by atoms with Crippen LogP contribution >= 0.6 is 0 Å². The molecule has 5 aliphatic rings. The number of benzene rings is 1. The SMILES string of the molecule is CN1CCOC(C(=O)N2CC3CCC2C2CN(Cc4ccccc4)CC32)C1=O. The van der Waals surface area contributed by atoms with Crippen molar-refractivity contribution in [2.45, 2.75) is 31.5 Å². The molecule has 4 heterocycles. The Bertz CT molecular complexity index is 755. The van der Waals surface area contributed by atoms with Gasteiger partial charge in [0.25, 0.3) is 11.8 Å². The minimum Gasteiger partial charge on any atom is -0.357 e. The molecule has 0 aromatic heterocycles. The van der Waals surface area contributed by atoms with Gasteiger partial charge in [0.1, 0.15) is 0 Å². The maximum atomic E-state index is 13.2. The lowest BCUT2D eigenvalue weighted by Crippen LogP contribution is -2.63. The molecule has 5 unspecified atom stereocenters. The Labute approximate surface area is 166 Å². The van der Waals surface area contributed by atoms with Crippen LogP contribution in [0.4, 0.5) is 0 Å². The van der Waals surface area contributed by atoms with Gasteiger partial charge in [-0.1, -0.05) is 30.3 Å². The lowest BCUT2D eigenvalue weighted by Gasteiger charge is -2.52. The number of morpholine rings is 1. The minimum absolute atomic E-state index is 0.105. The Kier molecular flexibility index (Phi) is 4.63. The summed E-state index contributed by atoms with van der Waals surface area (Å²) < 4.78 is 5.60. The van der Waals surface area contributed by atoms with E-state index in [2.05, 4.69) is 35.2 Å². The molecule has 2 amide bonds. The predicted octanol–water partition coefficient (Wildman–Crippen LogP) is 1.21. The summed E-state index contributed by atoms with van der Waals surface area (Å²) in [5, 5.41) is 0. The summed E-state index contributed by atoms with van der Waals surface area (Å²) in [4.78, 5) is 31.8. The summed E-state index contributed by atoms with van der Waals surface area (Å²) in [5.41, 5.74) is 1.35. The van der Waals surface area contributed by atoms with Crippen LogP contribution in [0.5, 0.6) is 0 Å². The van der Waals surface area contributed by atoms with Gasteiger partial charge in [-0.3, -0.25) is 14.5 Å². The first-order valence-corrected chi connectivity index (χ1v) is 10.5. The van der Waals surface area contributed by atoms with Gasteiger partial charge in [-0.2, -0.15) is 0 Å². The molecule has 5 fully saturated rings. The van der Waals surface area contributed by atoms with Crippen molar-refractivity contribution < 1.29 is 14.3 Å². The number of carbonyl (C=O) groups excluding carboxylic acids is 2. The molecule has 0 spiro atoms. The van der Waals surface area contributed by atoms with E-state index in [1.165, 1.54) is 12.0 Å². The molecule has 6 rings (SSSR count). The van der Waals surface area contributed by atoms with E-state index >= 15 is 0 Å². The number of carbonyl (C=O) groups is 2. The molecule has 1 aromatic carbocycles. The number of fused-ring (bicyclic) bond motifs is 2. The maximum Gasteiger partial charge on any atom is 0.261 e. The Balaban J connectivity index is 1.30. The van der Waals surface area contributed by atoms with Crippen molar-refractivity contribution in [3.8, 4) is 0 Å². The van der Waals surface area contributed by atoms with Crippen LogP contribution in [-0.2, 0) is 20.9 Å². The molecule has 0 radical (unpaired) electrons. The van der Waals surface area contributed by atoms with E-state index < -0.39 is 6.10 Å². The molecular formula is C22H29N3O3. The zero-order valence-corrected chi connectivity index (χ0v) is 16.5. The van der Waals surface area contributed by atoms with E-state index in [0.717, 1.165) is 32.6 Å². The first kappa shape index (κ1) is 18.1. The Hall–Kier alpha value is -1.92. The van der Waals surface area contributed by atoms with Crippen LogP contribution in [0.25, 0.3) is 0 Å². The average Bonchev–Trinajstić information content (AvgIpc) is 3.16. The summed E-state index contributed by atoms with van der Waals surface area (Å²) in [6.07, 6.45) is 1.33. The van der Waals surface area contributed by atoms with Gasteiger partial charge < -0.3 is 14.5 Å². The predicted molar refractivity (Wildman–Crippen MR) is 104 cm³/mol. The molecule has 1 aromatic rings. The van der Waals surface area contributed by atoms with Crippen LogP contribution in [0.15, 0.2) is 30.3 Å². The van der Waals surface area contributed by atoms with Gasteiger partial charge >= 0.3 is 0 Å². The van der Waals surface area contributed by atoms with E-state index in [1.807, 2.05) is 4.90 Å². The summed E-state index contributed by atoms with van der Waals surface area (Å²) >= 11 is 0. The molecule has 6 heteroatoms. The Morgan fingerprint density at radius 3 is 2.71 bits per heavy atom. The monoisotopic (exact) mass is 383 g/mol. The molecule has 28 heavy (non-hydrogen) atoms. The third-order valence-electron chi connectivity index (χ3n) is 7.32. The normalized spacial score (nSPS) is 35.3. The highest BCUT2D eigenvalue weighted by molar-refractivity contribution is 6.03. The van der Waals surface area contributed by atoms with Gasteiger partial charge in [-0.05, 0) is 36.2 Å². The first-order valence-electron chi connectivity index (χ1n) is 10.5. The second-order valence-electron chi connectivity index (χ2n) is 8.91. The molecule has 2 bridgehead atoms. The summed E-state index contributed by atoms with van der Waals surface area (Å²) in [5.74, 6) is 1.46. The van der Waals surface area contributed by atoms with Gasteiger partial charge in [0, 0.05) is 45.8 Å². The molecule has 150 valence electrons. The van der Waals surface area contributed by atoms with Crippen LogP contribution in [-0.4, -0.2) is 78.5 Å². The van der Waals surface area contributed by atoms with Gasteiger partial charge in [0.2, 0.25) is 6.10 Å². The van der Waals surface area contributed by atoms with Gasteiger partial charge in [0.05, 0.1) is 6.61 Å². The van der Waals surface area contributed by atoms with Crippen LogP contribution in [0.2, 0.25) is 0 Å². The molecular weight excluding hydrogens is 354 g/mol. The van der Waals surface area contributed by atoms with Crippen molar-refractivity contribution in [2.75, 3.05) is 39.8 Å². The third kappa shape index (κ3) is 3.03. The van der Waals surface area contributed by atoms with Crippen LogP contribution in [0.3, 0.4) is 0 Å². The minimum atomic E-state index is -0.932. The lowest BCUT2D eigenvalue weighted by molar-refractivity contribution is -0.170. The smallest absolute Gasteiger partial charge is 0.261 e. The van der Waals surface area contributed by atoms with Crippen molar-refractivity contribution in [1.82, 2.24) is 14.7 Å². The van der Waals surface area contributed by atoms with E-state index in [-0.39, 0.29) is 17.9 Å². The van der Waals surface area contributed by atoms with Crippen molar-refractivity contribution in [3.05, 3.63) is 35.9 Å². The van der Waals surface area contributed by atoms with E-state index in [9.17, 15) is 9.59 Å². The largest absolute Gasteiger partial charge is 0.357 e. The van der Waals surface area contributed by atoms with Gasteiger partial charge in [0.15, 0.2) is 0 Å². The Morgan fingerprint density at radius 1 is 1.11 bits per heavy atom. The number of piperidine rings is 2. The number of hydrogen-bond donors (Lipinski definition) is 0. The molecule has 5 atom stereocenters. The second kappa shape index (κ2) is 7.16. The van der Waals surface area contributed by atoms with Crippen LogP contribution in [0.1, 0.15) is 18.4 Å². The number of hydrogen-bond acceptors (Lipinski definition) is 4. The maximum absolute atomic E-state index is 13.2. The van der Waals surface area contributed by atoms with Gasteiger partial charge in [-0.15, -0.1) is 0 Å². The van der Waals surface area contributed by atoms with E-state index in [1.54, 1.807) is 11.9 Å². The summed E-state index contributed by atoms with van der Waals surface area (Å²) in [6, 6.07) is 10.9. The summed E-state index contributed by atoms with van der Waals surface area (Å²) in [7, 11) is 1.75. The molecule has 0 N–H and O–H groups in total. The van der Waals surface area contributed by atoms with Crippen LogP contribution < -0.4 is 0 Å². The van der Waals surface area contributed by atoms with E-state index in [0.29, 0.717) is 30.9 Å². The zero-order valence-electron chi connectivity index (χ0n) is 16.5. The fraction of sp³-hybridized carbons (Fsp3) is 0.636. The number of amides is 2. The number of likely N-dealkylation sites (N-methyl/N-ethyl adjacent to an activating group) is 1. The third-order valence-corrected chi connectivity index (χ3v) is 7.32. The molecule has 1 aliphatic carbocycles. The van der Waals surface area contributed by atoms with Crippen molar-refractivity contribution >= 4 is 11.8 Å². The average molecular weight is 383 g/mol. The molecule has 1 saturated carbocycles. The van der Waals surface area contributed by atoms with Crippen molar-refractivity contribution in [3.63, 3.8) is 0 Å². The first-order chi connectivity index (χ1) is 13.6. The fourth-order valence-electron chi connectivity index (χ4n) is 5.90. The fourth-order valence-corrected chi connectivity index (χ4v) is 5.90. The lowest BCUT2D eigenvalue weighted by atomic mass is 9.66. The molecule has 4 aliphatic heterocycles. The number of ether oxygens (including phenoxy) is 1. The second-order valence-corrected chi connectivity index (χ2v) is 8.91. The number of likely N-dealkylation sites (tertiary alicyclic amines) is 1. The Morgan fingerprint density at radius 2 is 1.89 bits per heavy atom. The number of rotatable bonds is 3. The molecule has 6 nitrogen and oxygen atoms in total. The summed E-state index contributed by atoms with van der Waals surface area (Å²) in [6.45, 7) is 4.95. The standard InChI is InChI=1S/C22H29N3O3/c1-23-9-10-28-20(21(23)26)22(27)25-12-16-7-8-19(25)18-14-24(13-17(16)18)11-15-5-3-2-4-6-15/h2-6,16-20H,7-14H2,1H3. The quantitative estimate of drug-likeness (QED) is 0.737.